The molecule has 0 fully saturated rings. The fourth-order valence-electron chi connectivity index (χ4n) is 1.36. The van der Waals surface area contributed by atoms with Gasteiger partial charge in [0.2, 0.25) is 0 Å². The number of aromatic nitrogens is 2. The zero-order chi connectivity index (χ0) is 12.1. The van der Waals surface area contributed by atoms with Gasteiger partial charge in [-0.25, -0.2) is 0 Å². The van der Waals surface area contributed by atoms with Crippen LogP contribution in [0.25, 0.3) is 11.5 Å². The third-order valence-electron chi connectivity index (χ3n) is 2.21. The Morgan fingerprint density at radius 2 is 2.06 bits per heavy atom. The molecule has 17 heavy (non-hydrogen) atoms. The smallest absolute Gasteiger partial charge is 0.257 e. The van der Waals surface area contributed by atoms with E-state index in [4.69, 9.17) is 10.3 Å². The molecule has 4 nitrogen and oxygen atoms in total. The summed E-state index contributed by atoms with van der Waals surface area (Å²) >= 11 is 1.81. The van der Waals surface area contributed by atoms with Crippen molar-refractivity contribution in [3.8, 4) is 11.5 Å². The lowest BCUT2D eigenvalue weighted by Gasteiger charge is -1.94. The number of thioether (sulfide) groups is 1. The van der Waals surface area contributed by atoms with Gasteiger partial charge in [0.25, 0.3) is 5.89 Å². The first kappa shape index (κ1) is 12.0. The summed E-state index contributed by atoms with van der Waals surface area (Å²) < 4.78 is 5.21. The molecule has 5 heteroatoms. The average molecular weight is 249 g/mol. The Morgan fingerprint density at radius 3 is 2.76 bits per heavy atom. The molecule has 1 aromatic carbocycles. The lowest BCUT2D eigenvalue weighted by molar-refractivity contribution is 0.425. The Balaban J connectivity index is 2.04. The first-order chi connectivity index (χ1) is 8.29. The van der Waals surface area contributed by atoms with Crippen LogP contribution in [0.2, 0.25) is 0 Å². The third-order valence-corrected chi connectivity index (χ3v) is 3.36. The number of benzene rings is 1. The molecular weight excluding hydrogens is 234 g/mol. The summed E-state index contributed by atoms with van der Waals surface area (Å²) in [6.45, 7) is 2.16. The maximum Gasteiger partial charge on any atom is 0.257 e. The molecule has 0 amide bonds. The topological polar surface area (TPSA) is 64.9 Å². The van der Waals surface area contributed by atoms with Gasteiger partial charge in [-0.3, -0.25) is 0 Å². The van der Waals surface area contributed by atoms with Gasteiger partial charge in [0.05, 0.1) is 5.75 Å². The Kier molecular flexibility index (Phi) is 4.03. The van der Waals surface area contributed by atoms with Gasteiger partial charge in [0, 0.05) is 11.3 Å². The molecule has 0 bridgehead atoms. The Morgan fingerprint density at radius 1 is 1.29 bits per heavy atom. The molecule has 2 N–H and O–H groups in total. The van der Waals surface area contributed by atoms with Crippen LogP contribution < -0.4 is 5.73 Å². The summed E-state index contributed by atoms with van der Waals surface area (Å²) in [7, 11) is 0. The zero-order valence-corrected chi connectivity index (χ0v) is 10.5. The monoisotopic (exact) mass is 249 g/mol. The highest BCUT2D eigenvalue weighted by atomic mass is 32.2. The molecular formula is C12H15N3OS. The summed E-state index contributed by atoms with van der Waals surface area (Å²) in [4.78, 5) is 4.34. The van der Waals surface area contributed by atoms with E-state index in [1.807, 2.05) is 36.0 Å². The minimum Gasteiger partial charge on any atom is -0.399 e. The summed E-state index contributed by atoms with van der Waals surface area (Å²) in [5.41, 5.74) is 7.25. The molecule has 0 saturated carbocycles. The van der Waals surface area contributed by atoms with E-state index in [1.54, 1.807) is 0 Å². The van der Waals surface area contributed by atoms with Crippen LogP contribution in [0.15, 0.2) is 28.8 Å². The quantitative estimate of drug-likeness (QED) is 0.652. The minimum absolute atomic E-state index is 0.553. The van der Waals surface area contributed by atoms with E-state index in [9.17, 15) is 0 Å². The molecule has 0 atom stereocenters. The number of hydrogen-bond acceptors (Lipinski definition) is 5. The van der Waals surface area contributed by atoms with Crippen LogP contribution in [-0.4, -0.2) is 15.9 Å². The van der Waals surface area contributed by atoms with Crippen LogP contribution in [-0.2, 0) is 5.75 Å². The Hall–Kier alpha value is -1.49. The molecule has 0 aliphatic carbocycles. The highest BCUT2D eigenvalue weighted by Crippen LogP contribution is 2.20. The van der Waals surface area contributed by atoms with Crippen LogP contribution in [0, 0.1) is 0 Å². The second-order valence-electron chi connectivity index (χ2n) is 3.69. The zero-order valence-electron chi connectivity index (χ0n) is 9.72. The van der Waals surface area contributed by atoms with Crippen molar-refractivity contribution in [2.45, 2.75) is 19.1 Å². The Bertz CT molecular complexity index is 467. The third kappa shape index (κ3) is 3.23. The summed E-state index contributed by atoms with van der Waals surface area (Å²) in [6, 6.07) is 7.41. The molecule has 0 unspecified atom stereocenters. The van der Waals surface area contributed by atoms with Gasteiger partial charge >= 0.3 is 0 Å². The van der Waals surface area contributed by atoms with Crippen molar-refractivity contribution in [1.29, 1.82) is 0 Å². The van der Waals surface area contributed by atoms with Crippen LogP contribution in [0.5, 0.6) is 0 Å². The predicted molar refractivity (Wildman–Crippen MR) is 70.6 cm³/mol. The summed E-state index contributed by atoms with van der Waals surface area (Å²) in [6.07, 6.45) is 1.16. The second kappa shape index (κ2) is 5.72. The maximum atomic E-state index is 5.62. The Labute approximate surface area is 105 Å². The van der Waals surface area contributed by atoms with Gasteiger partial charge in [-0.1, -0.05) is 12.1 Å². The van der Waals surface area contributed by atoms with Crippen molar-refractivity contribution in [3.05, 3.63) is 30.1 Å². The van der Waals surface area contributed by atoms with E-state index in [0.717, 1.165) is 35.0 Å². The predicted octanol–water partition coefficient (Wildman–Crippen LogP) is 2.96. The average Bonchev–Trinajstić information content (AvgIpc) is 2.79. The van der Waals surface area contributed by atoms with Crippen LogP contribution in [0.4, 0.5) is 5.69 Å². The molecule has 0 aliphatic rings. The van der Waals surface area contributed by atoms with Gasteiger partial charge in [-0.05, 0) is 36.4 Å². The van der Waals surface area contributed by atoms with E-state index in [2.05, 4.69) is 17.1 Å². The number of rotatable bonds is 5. The fraction of sp³-hybridized carbons (Fsp3) is 0.333. The second-order valence-corrected chi connectivity index (χ2v) is 4.80. The number of nitrogen functional groups attached to an aromatic ring is 1. The number of anilines is 1. The molecule has 1 aromatic heterocycles. The van der Waals surface area contributed by atoms with Crippen molar-refractivity contribution in [3.63, 3.8) is 0 Å². The van der Waals surface area contributed by atoms with Gasteiger partial charge in [0.15, 0.2) is 5.82 Å². The molecule has 0 aliphatic heterocycles. The van der Waals surface area contributed by atoms with Crippen LogP contribution >= 0.6 is 11.8 Å². The molecule has 0 spiro atoms. The van der Waals surface area contributed by atoms with Crippen molar-refractivity contribution in [1.82, 2.24) is 10.1 Å². The highest BCUT2D eigenvalue weighted by molar-refractivity contribution is 7.98. The van der Waals surface area contributed by atoms with Crippen LogP contribution in [0.3, 0.4) is 0 Å². The normalized spacial score (nSPS) is 10.6. The van der Waals surface area contributed by atoms with Gasteiger partial charge < -0.3 is 10.3 Å². The highest BCUT2D eigenvalue weighted by Gasteiger charge is 2.08. The van der Waals surface area contributed by atoms with E-state index in [1.165, 1.54) is 0 Å². The largest absolute Gasteiger partial charge is 0.399 e. The van der Waals surface area contributed by atoms with E-state index >= 15 is 0 Å². The lowest BCUT2D eigenvalue weighted by atomic mass is 10.2. The van der Waals surface area contributed by atoms with Crippen molar-refractivity contribution < 1.29 is 4.52 Å². The molecule has 2 rings (SSSR count). The van der Waals surface area contributed by atoms with Crippen molar-refractivity contribution in [2.75, 3.05) is 11.5 Å². The first-order valence-electron chi connectivity index (χ1n) is 5.56. The molecule has 0 saturated heterocycles. The molecule has 1 heterocycles. The van der Waals surface area contributed by atoms with Gasteiger partial charge in [-0.2, -0.15) is 16.7 Å². The van der Waals surface area contributed by atoms with Gasteiger partial charge in [0.1, 0.15) is 0 Å². The number of nitrogens with two attached hydrogens (primary N) is 1. The number of hydrogen-bond donors (Lipinski definition) is 1. The lowest BCUT2D eigenvalue weighted by Crippen LogP contribution is -1.86. The van der Waals surface area contributed by atoms with E-state index < -0.39 is 0 Å². The van der Waals surface area contributed by atoms with E-state index in [0.29, 0.717) is 5.89 Å². The standard InChI is InChI=1S/C12H15N3OS/c1-2-7-17-8-11-14-12(16-15-11)9-3-5-10(13)6-4-9/h3-6H,2,7-8,13H2,1H3. The van der Waals surface area contributed by atoms with Crippen molar-refractivity contribution in [2.24, 2.45) is 0 Å². The van der Waals surface area contributed by atoms with Crippen LogP contribution in [0.1, 0.15) is 19.2 Å². The summed E-state index contributed by atoms with van der Waals surface area (Å²) in [5, 5.41) is 3.95. The van der Waals surface area contributed by atoms with Gasteiger partial charge in [-0.15, -0.1) is 0 Å². The fourth-order valence-corrected chi connectivity index (χ4v) is 2.10. The first-order valence-corrected chi connectivity index (χ1v) is 6.71. The molecule has 90 valence electrons. The molecule has 0 radical (unpaired) electrons. The van der Waals surface area contributed by atoms with E-state index in [-0.39, 0.29) is 0 Å². The maximum absolute atomic E-state index is 5.62. The number of nitrogens with zero attached hydrogens (tertiary/aromatic N) is 2. The molecule has 2 aromatic rings. The SMILES string of the molecule is CCCSCc1noc(-c2ccc(N)cc2)n1. The summed E-state index contributed by atoms with van der Waals surface area (Å²) in [5.74, 6) is 3.21. The van der Waals surface area contributed by atoms with Crippen molar-refractivity contribution >= 4 is 17.4 Å². The minimum atomic E-state index is 0.553.